The number of likely N-dealkylation sites (tertiary alicyclic amines) is 1. The summed E-state index contributed by atoms with van der Waals surface area (Å²) >= 11 is 0. The van der Waals surface area contributed by atoms with Crippen LogP contribution in [-0.4, -0.2) is 61.9 Å². The normalized spacial score (nSPS) is 23.0. The molecular formula is C21H30FN3O4. The van der Waals surface area contributed by atoms with Crippen molar-refractivity contribution < 1.29 is 23.5 Å². The first-order valence-corrected chi connectivity index (χ1v) is 10.3. The van der Waals surface area contributed by atoms with Crippen molar-refractivity contribution in [2.45, 2.75) is 45.8 Å². The minimum Gasteiger partial charge on any atom is -0.450 e. The summed E-state index contributed by atoms with van der Waals surface area (Å²) < 4.78 is 25.4. The van der Waals surface area contributed by atoms with Gasteiger partial charge in [-0.3, -0.25) is 4.79 Å². The zero-order valence-electron chi connectivity index (χ0n) is 17.3. The summed E-state index contributed by atoms with van der Waals surface area (Å²) in [6.07, 6.45) is 0.871. The van der Waals surface area contributed by atoms with E-state index in [0.717, 1.165) is 0 Å². The van der Waals surface area contributed by atoms with Crippen molar-refractivity contribution in [3.05, 3.63) is 24.0 Å². The van der Waals surface area contributed by atoms with Crippen LogP contribution in [0.15, 0.2) is 18.2 Å². The molecule has 29 heavy (non-hydrogen) atoms. The highest BCUT2D eigenvalue weighted by Gasteiger charge is 2.28. The second-order valence-electron chi connectivity index (χ2n) is 7.78. The number of halogens is 1. The lowest BCUT2D eigenvalue weighted by Crippen LogP contribution is -2.45. The molecule has 0 saturated carbocycles. The first-order valence-electron chi connectivity index (χ1n) is 10.3. The van der Waals surface area contributed by atoms with Crippen LogP contribution in [0.4, 0.5) is 20.6 Å². The predicted molar refractivity (Wildman–Crippen MR) is 109 cm³/mol. The van der Waals surface area contributed by atoms with Crippen LogP contribution in [0.25, 0.3) is 0 Å². The number of nitrogens with zero attached hydrogens (tertiary/aromatic N) is 2. The molecule has 2 aliphatic rings. The van der Waals surface area contributed by atoms with Crippen LogP contribution in [0.1, 0.15) is 33.6 Å². The molecule has 2 fully saturated rings. The molecule has 2 aliphatic heterocycles. The average Bonchev–Trinajstić information content (AvgIpc) is 2.67. The Hall–Kier alpha value is -2.35. The number of nitrogens with one attached hydrogen (secondary N) is 1. The molecule has 0 unspecified atom stereocenters. The molecular weight excluding hydrogens is 377 g/mol. The molecule has 0 spiro atoms. The summed E-state index contributed by atoms with van der Waals surface area (Å²) in [4.78, 5) is 27.9. The van der Waals surface area contributed by atoms with E-state index in [2.05, 4.69) is 5.32 Å². The van der Waals surface area contributed by atoms with Gasteiger partial charge in [-0.15, -0.1) is 0 Å². The Bertz CT molecular complexity index is 727. The van der Waals surface area contributed by atoms with Crippen LogP contribution < -0.4 is 10.2 Å². The Balaban J connectivity index is 1.56. The van der Waals surface area contributed by atoms with Gasteiger partial charge < -0.3 is 24.6 Å². The third-order valence-electron chi connectivity index (χ3n) is 5.37. The van der Waals surface area contributed by atoms with E-state index in [9.17, 15) is 14.0 Å². The van der Waals surface area contributed by atoms with Crippen molar-refractivity contribution in [3.63, 3.8) is 0 Å². The monoisotopic (exact) mass is 407 g/mol. The molecule has 2 heterocycles. The Morgan fingerprint density at radius 1 is 1.21 bits per heavy atom. The fourth-order valence-electron chi connectivity index (χ4n) is 4.00. The third-order valence-corrected chi connectivity index (χ3v) is 5.37. The maximum absolute atomic E-state index is 14.7. The Morgan fingerprint density at radius 2 is 1.86 bits per heavy atom. The van der Waals surface area contributed by atoms with Gasteiger partial charge in [-0.2, -0.15) is 0 Å². The van der Waals surface area contributed by atoms with E-state index >= 15 is 0 Å². The molecule has 1 aromatic carbocycles. The van der Waals surface area contributed by atoms with E-state index in [0.29, 0.717) is 57.0 Å². The predicted octanol–water partition coefficient (Wildman–Crippen LogP) is 3.25. The number of ether oxygens (including phenoxy) is 2. The zero-order valence-corrected chi connectivity index (χ0v) is 17.3. The second kappa shape index (κ2) is 9.43. The molecule has 2 saturated heterocycles. The average molecular weight is 407 g/mol. The molecule has 8 heteroatoms. The quantitative estimate of drug-likeness (QED) is 0.830. The summed E-state index contributed by atoms with van der Waals surface area (Å²) in [6, 6.07) is 4.81. The number of carbonyl (C=O) groups excluding carboxylic acids is 2. The van der Waals surface area contributed by atoms with E-state index in [1.807, 2.05) is 18.7 Å². The molecule has 0 aromatic heterocycles. The van der Waals surface area contributed by atoms with Crippen molar-refractivity contribution in [2.24, 2.45) is 5.92 Å². The topological polar surface area (TPSA) is 71.1 Å². The highest BCUT2D eigenvalue weighted by atomic mass is 19.1. The van der Waals surface area contributed by atoms with Gasteiger partial charge in [0.1, 0.15) is 5.82 Å². The first kappa shape index (κ1) is 21.4. The first-order chi connectivity index (χ1) is 13.9. The van der Waals surface area contributed by atoms with Crippen molar-refractivity contribution in [2.75, 3.05) is 43.0 Å². The fraction of sp³-hybridized carbons (Fsp3) is 0.619. The van der Waals surface area contributed by atoms with Gasteiger partial charge in [0.15, 0.2) is 0 Å². The van der Waals surface area contributed by atoms with E-state index in [4.69, 9.17) is 9.47 Å². The smallest absolute Gasteiger partial charge is 0.409 e. The minimum atomic E-state index is -0.360. The molecule has 0 bridgehead atoms. The molecule has 0 aliphatic carbocycles. The number of anilines is 2. The standard InChI is InChI=1S/C21H30FN3O4/c1-4-28-21(27)24-9-7-16(8-10-24)20(26)23-17-5-6-19(18(22)11-17)25-12-14(2)29-15(3)13-25/h5-6,11,14-16H,4,7-10,12-13H2,1-3H3,(H,23,26)/t14-,15-/m0/s1. The number of hydrogen-bond donors (Lipinski definition) is 1. The summed E-state index contributed by atoms with van der Waals surface area (Å²) in [5, 5.41) is 2.81. The zero-order chi connectivity index (χ0) is 21.0. The second-order valence-corrected chi connectivity index (χ2v) is 7.78. The van der Waals surface area contributed by atoms with Crippen LogP contribution in [0, 0.1) is 11.7 Å². The van der Waals surface area contributed by atoms with E-state index in [1.54, 1.807) is 24.0 Å². The molecule has 7 nitrogen and oxygen atoms in total. The summed E-state index contributed by atoms with van der Waals surface area (Å²) in [5.41, 5.74) is 0.964. The van der Waals surface area contributed by atoms with Crippen LogP contribution >= 0.6 is 0 Å². The maximum Gasteiger partial charge on any atom is 0.409 e. The number of benzene rings is 1. The molecule has 1 N–H and O–H groups in total. The van der Waals surface area contributed by atoms with Gasteiger partial charge in [0.25, 0.3) is 0 Å². The maximum atomic E-state index is 14.7. The van der Waals surface area contributed by atoms with Gasteiger partial charge >= 0.3 is 6.09 Å². The van der Waals surface area contributed by atoms with Crippen LogP contribution in [0.5, 0.6) is 0 Å². The summed E-state index contributed by atoms with van der Waals surface area (Å²) in [5.74, 6) is -0.708. The number of hydrogen-bond acceptors (Lipinski definition) is 5. The Morgan fingerprint density at radius 3 is 2.45 bits per heavy atom. The largest absolute Gasteiger partial charge is 0.450 e. The summed E-state index contributed by atoms with van der Waals surface area (Å²) in [6.45, 7) is 8.28. The Labute approximate surface area is 171 Å². The van der Waals surface area contributed by atoms with Crippen LogP contribution in [0.3, 0.4) is 0 Å². The number of amides is 2. The molecule has 2 amide bonds. The fourth-order valence-corrected chi connectivity index (χ4v) is 4.00. The van der Waals surface area contributed by atoms with E-state index in [1.165, 1.54) is 6.07 Å². The number of morpholine rings is 1. The molecule has 0 radical (unpaired) electrons. The summed E-state index contributed by atoms with van der Waals surface area (Å²) in [7, 11) is 0. The van der Waals surface area contributed by atoms with Gasteiger partial charge in [0.05, 0.1) is 24.5 Å². The highest BCUT2D eigenvalue weighted by Crippen LogP contribution is 2.27. The van der Waals surface area contributed by atoms with Crippen LogP contribution in [0.2, 0.25) is 0 Å². The number of piperidine rings is 1. The van der Waals surface area contributed by atoms with Crippen molar-refractivity contribution in [1.29, 1.82) is 0 Å². The SMILES string of the molecule is CCOC(=O)N1CCC(C(=O)Nc2ccc(N3C[C@H](C)O[C@@H](C)C3)c(F)c2)CC1. The van der Waals surface area contributed by atoms with E-state index < -0.39 is 0 Å². The number of carbonyl (C=O) groups is 2. The van der Waals surface area contributed by atoms with Crippen LogP contribution in [-0.2, 0) is 14.3 Å². The van der Waals surface area contributed by atoms with Gasteiger partial charge in [0.2, 0.25) is 5.91 Å². The molecule has 2 atom stereocenters. The lowest BCUT2D eigenvalue weighted by Gasteiger charge is -2.37. The van der Waals surface area contributed by atoms with E-state index in [-0.39, 0.29) is 35.9 Å². The Kier molecular flexibility index (Phi) is 6.95. The van der Waals surface area contributed by atoms with Gasteiger partial charge in [-0.1, -0.05) is 0 Å². The highest BCUT2D eigenvalue weighted by molar-refractivity contribution is 5.93. The number of rotatable bonds is 4. The molecule has 3 rings (SSSR count). The molecule has 160 valence electrons. The van der Waals surface area contributed by atoms with Crippen molar-refractivity contribution in [3.8, 4) is 0 Å². The minimum absolute atomic E-state index is 0.0398. The van der Waals surface area contributed by atoms with Gasteiger partial charge in [-0.05, 0) is 51.8 Å². The van der Waals surface area contributed by atoms with Crippen molar-refractivity contribution >= 4 is 23.4 Å². The lowest BCUT2D eigenvalue weighted by atomic mass is 9.96. The molecule has 1 aromatic rings. The van der Waals surface area contributed by atoms with Crippen molar-refractivity contribution in [1.82, 2.24) is 4.90 Å². The third kappa shape index (κ3) is 5.38. The van der Waals surface area contributed by atoms with Gasteiger partial charge in [-0.25, -0.2) is 9.18 Å². The lowest BCUT2D eigenvalue weighted by molar-refractivity contribution is -0.121. The van der Waals surface area contributed by atoms with Gasteiger partial charge in [0, 0.05) is 37.8 Å².